The molecular weight excluding hydrogens is 396 g/mol. The van der Waals surface area contributed by atoms with Crippen molar-refractivity contribution < 1.29 is 6.22 Å². The van der Waals surface area contributed by atoms with Crippen molar-refractivity contribution in [1.82, 2.24) is 14.5 Å². The maximum atomic E-state index is 12.7. The number of anilines is 1. The van der Waals surface area contributed by atoms with Crippen LogP contribution in [0.5, 0.6) is 0 Å². The zero-order valence-corrected chi connectivity index (χ0v) is 17.2. The molecule has 1 N–H and O–H groups in total. The Bertz CT molecular complexity index is 1210. The minimum atomic E-state index is -0.198. The first-order chi connectivity index (χ1) is 14.6. The Morgan fingerprint density at radius 1 is 1.20 bits per heavy atom. The van der Waals surface area contributed by atoms with Crippen molar-refractivity contribution >= 4 is 28.4 Å². The van der Waals surface area contributed by atoms with Crippen molar-refractivity contribution in [2.45, 2.75) is 11.7 Å². The maximum Gasteiger partial charge on any atom is 0.255 e. The molecule has 30 heavy (non-hydrogen) atoms. The monoisotopic (exact) mass is 418 g/mol. The second kappa shape index (κ2) is 7.57. The number of nitrogens with one attached hydrogen (secondary N) is 1. The zero-order valence-electron chi connectivity index (χ0n) is 16.4. The molecule has 2 aromatic heterocycles. The van der Waals surface area contributed by atoms with Gasteiger partial charge in [-0.2, -0.15) is 0 Å². The van der Waals surface area contributed by atoms with E-state index in [2.05, 4.69) is 21.4 Å². The summed E-state index contributed by atoms with van der Waals surface area (Å²) in [6.45, 7) is 0.0566. The highest BCUT2D eigenvalue weighted by atomic mass is 32.2. The highest BCUT2D eigenvalue weighted by Gasteiger charge is 2.41. The fourth-order valence-corrected chi connectivity index (χ4v) is 4.94. The molecule has 3 heterocycles. The van der Waals surface area contributed by atoms with Crippen molar-refractivity contribution in [1.29, 1.82) is 0 Å². The Morgan fingerprint density at radius 2 is 1.97 bits per heavy atom. The number of carbonyl (C=O) groups excluding carboxylic acids is 1. The lowest BCUT2D eigenvalue weighted by atomic mass is 10.1. The fourth-order valence-electron chi connectivity index (χ4n) is 3.51. The smallest absolute Gasteiger partial charge is 0.255 e. The third-order valence-corrected chi connectivity index (χ3v) is 6.90. The third-order valence-electron chi connectivity index (χ3n) is 5.43. The second-order valence-electron chi connectivity index (χ2n) is 7.54. The normalized spacial score (nSPS) is 19.2. The van der Waals surface area contributed by atoms with E-state index in [1.807, 2.05) is 36.0 Å². The minimum absolute atomic E-state index is 0. The molecule has 2 aliphatic rings. The first kappa shape index (κ1) is 18.8. The molecule has 2 unspecified atom stereocenters. The van der Waals surface area contributed by atoms with Gasteiger partial charge in [0.1, 0.15) is 0 Å². The molecule has 5 rings (SSSR count). The van der Waals surface area contributed by atoms with Gasteiger partial charge in [0.15, 0.2) is 5.78 Å². The van der Waals surface area contributed by atoms with Gasteiger partial charge in [-0.3, -0.25) is 19.1 Å². The molecule has 7 heteroatoms. The van der Waals surface area contributed by atoms with Gasteiger partial charge in [-0.25, -0.2) is 4.98 Å². The van der Waals surface area contributed by atoms with Crippen molar-refractivity contribution in [3.05, 3.63) is 82.4 Å². The number of fused-ring (bicyclic) bond motifs is 1. The van der Waals surface area contributed by atoms with Gasteiger partial charge in [0.25, 0.3) is 5.56 Å². The molecule has 0 bridgehead atoms. The second-order valence-corrected chi connectivity index (χ2v) is 8.82. The topological polar surface area (TPSA) is 76.9 Å². The Morgan fingerprint density at radius 3 is 2.67 bits per heavy atom. The van der Waals surface area contributed by atoms with Crippen LogP contribution < -0.4 is 10.9 Å². The summed E-state index contributed by atoms with van der Waals surface area (Å²) in [7, 11) is 1.63. The summed E-state index contributed by atoms with van der Waals surface area (Å²) in [6, 6.07) is 12.8. The van der Waals surface area contributed by atoms with Crippen LogP contribution in [0.15, 0.2) is 65.7 Å². The Labute approximate surface area is 179 Å². The summed E-state index contributed by atoms with van der Waals surface area (Å²) in [5.74, 6) is 1.05. The standard InChI is InChI=1S/C23H20N4O2S.H2/c1-27-22(29)12-18(14-6-8-24-9-7-14)26-23(27)25-13-19(28)15-2-4-16(5-3-15)20-10-17-11-21(17)30-20;/h2-10,12,17,21H,11,13H2,1H3,(H,25,26);1H. The predicted molar refractivity (Wildman–Crippen MR) is 122 cm³/mol. The van der Waals surface area contributed by atoms with Crippen LogP contribution in [-0.2, 0) is 7.05 Å². The van der Waals surface area contributed by atoms with Crippen molar-refractivity contribution in [3.8, 4) is 11.3 Å². The third kappa shape index (κ3) is 3.68. The lowest BCUT2D eigenvalue weighted by Crippen LogP contribution is -2.24. The average molecular weight is 419 g/mol. The van der Waals surface area contributed by atoms with Crippen LogP contribution in [0.25, 0.3) is 16.2 Å². The van der Waals surface area contributed by atoms with Crippen LogP contribution in [0.2, 0.25) is 0 Å². The summed E-state index contributed by atoms with van der Waals surface area (Å²) < 4.78 is 1.40. The molecule has 0 spiro atoms. The number of allylic oxidation sites excluding steroid dienone is 1. The van der Waals surface area contributed by atoms with Gasteiger partial charge in [-0.1, -0.05) is 30.3 Å². The number of Topliss-reactive ketones (excluding diaryl/α,β-unsaturated/α-hetero) is 1. The predicted octanol–water partition coefficient (Wildman–Crippen LogP) is 3.86. The van der Waals surface area contributed by atoms with E-state index in [4.69, 9.17) is 0 Å². The highest BCUT2D eigenvalue weighted by Crippen LogP contribution is 2.55. The number of hydrogen-bond donors (Lipinski definition) is 1. The molecule has 0 radical (unpaired) electrons. The van der Waals surface area contributed by atoms with E-state index in [9.17, 15) is 9.59 Å². The number of nitrogens with zero attached hydrogens (tertiary/aromatic N) is 3. The molecule has 152 valence electrons. The van der Waals surface area contributed by atoms with Gasteiger partial charge in [0.2, 0.25) is 5.95 Å². The van der Waals surface area contributed by atoms with Crippen LogP contribution >= 0.6 is 11.8 Å². The average Bonchev–Trinajstić information content (AvgIpc) is 3.40. The van der Waals surface area contributed by atoms with Gasteiger partial charge < -0.3 is 5.32 Å². The van der Waals surface area contributed by atoms with Crippen molar-refractivity contribution in [2.75, 3.05) is 11.9 Å². The highest BCUT2D eigenvalue weighted by molar-refractivity contribution is 8.09. The van der Waals surface area contributed by atoms with E-state index < -0.39 is 0 Å². The summed E-state index contributed by atoms with van der Waals surface area (Å²) in [5.41, 5.74) is 2.95. The van der Waals surface area contributed by atoms with Gasteiger partial charge in [-0.05, 0) is 30.0 Å². The van der Waals surface area contributed by atoms with Crippen LogP contribution in [0, 0.1) is 5.92 Å². The molecule has 3 aromatic rings. The number of thioether (sulfide) groups is 1. The van der Waals surface area contributed by atoms with E-state index in [-0.39, 0.29) is 19.3 Å². The number of aromatic nitrogens is 3. The zero-order chi connectivity index (χ0) is 20.7. The van der Waals surface area contributed by atoms with Crippen molar-refractivity contribution in [2.24, 2.45) is 13.0 Å². The van der Waals surface area contributed by atoms with Gasteiger partial charge in [0.05, 0.1) is 12.2 Å². The first-order valence-corrected chi connectivity index (χ1v) is 10.7. The summed E-state index contributed by atoms with van der Waals surface area (Å²) >= 11 is 1.94. The number of benzene rings is 1. The maximum absolute atomic E-state index is 12.7. The molecule has 1 saturated carbocycles. The minimum Gasteiger partial charge on any atom is -0.348 e. The number of rotatable bonds is 6. The Hall–Kier alpha value is -3.19. The molecule has 6 nitrogen and oxygen atoms in total. The van der Waals surface area contributed by atoms with E-state index in [1.165, 1.54) is 27.5 Å². The van der Waals surface area contributed by atoms with Crippen LogP contribution in [-0.4, -0.2) is 32.1 Å². The molecule has 0 amide bonds. The van der Waals surface area contributed by atoms with Crippen LogP contribution in [0.1, 0.15) is 23.8 Å². The summed E-state index contributed by atoms with van der Waals surface area (Å²) in [5, 5.41) is 3.79. The number of ketones is 1. The molecular formula is C23H22N4O2S. The Kier molecular flexibility index (Phi) is 4.75. The molecule has 1 aliphatic carbocycles. The van der Waals surface area contributed by atoms with E-state index in [0.29, 0.717) is 17.2 Å². The summed E-state index contributed by atoms with van der Waals surface area (Å²) in [6.07, 6.45) is 6.95. The lowest BCUT2D eigenvalue weighted by molar-refractivity contribution is 0.101. The molecule has 1 aliphatic heterocycles. The fraction of sp³-hybridized carbons (Fsp3) is 0.217. The van der Waals surface area contributed by atoms with Crippen LogP contribution in [0.4, 0.5) is 5.95 Å². The SMILES string of the molecule is Cn1c(NCC(=O)c2ccc(C3=CC4CC4S3)cc2)nc(-c2ccncc2)cc1=O.[HH]. The summed E-state index contributed by atoms with van der Waals surface area (Å²) in [4.78, 5) is 34.8. The largest absolute Gasteiger partial charge is 0.348 e. The van der Waals surface area contributed by atoms with Gasteiger partial charge in [0, 0.05) is 48.2 Å². The molecule has 0 saturated heterocycles. The van der Waals surface area contributed by atoms with Crippen molar-refractivity contribution in [3.63, 3.8) is 0 Å². The van der Waals surface area contributed by atoms with Gasteiger partial charge in [-0.15, -0.1) is 11.8 Å². The van der Waals surface area contributed by atoms with E-state index in [0.717, 1.165) is 16.7 Å². The first-order valence-electron chi connectivity index (χ1n) is 9.83. The number of pyridine rings is 1. The van der Waals surface area contributed by atoms with E-state index >= 15 is 0 Å². The lowest BCUT2D eigenvalue weighted by Gasteiger charge is -2.11. The van der Waals surface area contributed by atoms with E-state index in [1.54, 1.807) is 31.6 Å². The number of carbonyl (C=O) groups is 1. The Balaban J connectivity index is 0.00000231. The number of hydrogen-bond acceptors (Lipinski definition) is 6. The van der Waals surface area contributed by atoms with Gasteiger partial charge >= 0.3 is 0 Å². The van der Waals surface area contributed by atoms with Crippen LogP contribution in [0.3, 0.4) is 0 Å². The molecule has 1 aromatic carbocycles. The molecule has 1 fully saturated rings. The quantitative estimate of drug-likeness (QED) is 0.613. The molecule has 2 atom stereocenters.